The quantitative estimate of drug-likeness (QED) is 0.838. The minimum absolute atomic E-state index is 0.0396. The highest BCUT2D eigenvalue weighted by Gasteiger charge is 2.32. The molecule has 1 atom stereocenters. The third kappa shape index (κ3) is 2.90. The van der Waals surface area contributed by atoms with Crippen LogP contribution in [0.3, 0.4) is 0 Å². The molecule has 0 radical (unpaired) electrons. The van der Waals surface area contributed by atoms with Crippen LogP contribution in [0.2, 0.25) is 0 Å². The lowest BCUT2D eigenvalue weighted by Crippen LogP contribution is -2.30. The zero-order valence-corrected chi connectivity index (χ0v) is 15.2. The van der Waals surface area contributed by atoms with Crippen molar-refractivity contribution < 1.29 is 9.90 Å². The number of anilines is 3. The molecule has 25 heavy (non-hydrogen) atoms. The first-order valence-electron chi connectivity index (χ1n) is 8.63. The summed E-state index contributed by atoms with van der Waals surface area (Å²) in [6.07, 6.45) is 0.0396. The summed E-state index contributed by atoms with van der Waals surface area (Å²) in [4.78, 5) is 17.7. The van der Waals surface area contributed by atoms with Crippen molar-refractivity contribution in [3.8, 4) is 0 Å². The van der Waals surface area contributed by atoms with Crippen molar-refractivity contribution in [2.24, 2.45) is 0 Å². The molecule has 1 aliphatic rings. The number of carboxylic acids is 1. The normalized spacial score (nSPS) is 16.1. The van der Waals surface area contributed by atoms with Crippen LogP contribution in [0.4, 0.5) is 17.1 Å². The van der Waals surface area contributed by atoms with Crippen LogP contribution >= 0.6 is 0 Å². The van der Waals surface area contributed by atoms with E-state index < -0.39 is 5.97 Å². The van der Waals surface area contributed by atoms with E-state index in [9.17, 15) is 9.90 Å². The van der Waals surface area contributed by atoms with Crippen molar-refractivity contribution in [1.82, 2.24) is 0 Å². The molecule has 5 heteroatoms. The topological polar surface area (TPSA) is 49.9 Å². The van der Waals surface area contributed by atoms with Gasteiger partial charge in [0.1, 0.15) is 6.17 Å². The average Bonchev–Trinajstić information content (AvgIpc) is 2.87. The molecule has 2 aromatic carbocycles. The maximum Gasteiger partial charge on any atom is 0.128 e. The van der Waals surface area contributed by atoms with Gasteiger partial charge in [-0.15, -0.1) is 0 Å². The predicted octanol–water partition coefficient (Wildman–Crippen LogP) is 2.48. The molecule has 5 nitrogen and oxygen atoms in total. The van der Waals surface area contributed by atoms with Crippen molar-refractivity contribution in [2.75, 3.05) is 41.9 Å². The largest absolute Gasteiger partial charge is 0.545 e. The van der Waals surface area contributed by atoms with E-state index in [1.165, 1.54) is 11.3 Å². The molecule has 1 aliphatic heterocycles. The van der Waals surface area contributed by atoms with Crippen LogP contribution in [0, 0.1) is 0 Å². The van der Waals surface area contributed by atoms with Crippen molar-refractivity contribution >= 4 is 23.0 Å². The summed E-state index contributed by atoms with van der Waals surface area (Å²) in [5.74, 6) is -1.15. The Kier molecular flexibility index (Phi) is 4.57. The van der Waals surface area contributed by atoms with Gasteiger partial charge in [-0.25, -0.2) is 0 Å². The number of hydrogen-bond donors (Lipinski definition) is 0. The summed E-state index contributed by atoms with van der Waals surface area (Å²) in [6, 6.07) is 13.7. The van der Waals surface area contributed by atoms with Gasteiger partial charge in [-0.1, -0.05) is 18.2 Å². The number of nitrogens with zero attached hydrogens (tertiary/aromatic N) is 3. The molecule has 0 N–H and O–H groups in total. The Balaban J connectivity index is 1.92. The fraction of sp³-hybridized carbons (Fsp3) is 0.350. The minimum Gasteiger partial charge on any atom is -0.545 e. The van der Waals surface area contributed by atoms with E-state index in [0.29, 0.717) is 0 Å². The molecule has 0 amide bonds. The van der Waals surface area contributed by atoms with Gasteiger partial charge < -0.3 is 24.6 Å². The molecule has 0 fully saturated rings. The minimum atomic E-state index is -1.15. The Morgan fingerprint density at radius 1 is 1.00 bits per heavy atom. The van der Waals surface area contributed by atoms with Gasteiger partial charge in [0.05, 0.1) is 17.3 Å². The van der Waals surface area contributed by atoms with Gasteiger partial charge in [-0.3, -0.25) is 0 Å². The number of rotatable bonds is 5. The Morgan fingerprint density at radius 2 is 1.60 bits per heavy atom. The molecule has 132 valence electrons. The smallest absolute Gasteiger partial charge is 0.128 e. The van der Waals surface area contributed by atoms with Crippen molar-refractivity contribution in [3.05, 3.63) is 53.6 Å². The number of carboxylic acid groups (broad SMARTS) is 1. The van der Waals surface area contributed by atoms with Crippen molar-refractivity contribution in [3.63, 3.8) is 0 Å². The number of fused-ring (bicyclic) bond motifs is 1. The van der Waals surface area contributed by atoms with Crippen LogP contribution in [0.15, 0.2) is 42.5 Å². The Morgan fingerprint density at radius 3 is 2.16 bits per heavy atom. The highest BCUT2D eigenvalue weighted by atomic mass is 16.4. The van der Waals surface area contributed by atoms with Gasteiger partial charge in [0.15, 0.2) is 0 Å². The van der Waals surface area contributed by atoms with Crippen LogP contribution in [0.25, 0.3) is 0 Å². The molecule has 0 aromatic heterocycles. The van der Waals surface area contributed by atoms with Crippen LogP contribution in [0.5, 0.6) is 0 Å². The summed E-state index contributed by atoms with van der Waals surface area (Å²) in [7, 11) is 4.02. The second-order valence-corrected chi connectivity index (χ2v) is 6.35. The lowest BCUT2D eigenvalue weighted by Gasteiger charge is -2.29. The van der Waals surface area contributed by atoms with Gasteiger partial charge >= 0.3 is 0 Å². The zero-order valence-electron chi connectivity index (χ0n) is 15.2. The molecule has 0 spiro atoms. The SMILES string of the molecule is CCN(CC)c1ccc(C2N(C)c3ccc(C(=O)[O-])cc3N2C)cc1. The van der Waals surface area contributed by atoms with Crippen molar-refractivity contribution in [2.45, 2.75) is 20.0 Å². The highest BCUT2D eigenvalue weighted by Crippen LogP contribution is 2.44. The summed E-state index contributed by atoms with van der Waals surface area (Å²) in [5.41, 5.74) is 4.52. The van der Waals surface area contributed by atoms with E-state index in [1.54, 1.807) is 12.1 Å². The fourth-order valence-corrected chi connectivity index (χ4v) is 3.65. The van der Waals surface area contributed by atoms with E-state index in [1.807, 2.05) is 20.2 Å². The monoisotopic (exact) mass is 338 g/mol. The lowest BCUT2D eigenvalue weighted by molar-refractivity contribution is -0.255. The maximum absolute atomic E-state index is 11.2. The Bertz CT molecular complexity index is 769. The standard InChI is InChI=1S/C20H25N3O2/c1-5-23(6-2)16-10-7-14(8-11-16)19-21(3)17-12-9-15(20(24)25)13-18(17)22(19)4/h7-13,19H,5-6H2,1-4H3,(H,24,25)/p-1. The van der Waals surface area contributed by atoms with E-state index in [4.69, 9.17) is 0 Å². The molecule has 0 saturated carbocycles. The molecule has 0 aliphatic carbocycles. The predicted molar refractivity (Wildman–Crippen MR) is 100 cm³/mol. The second kappa shape index (κ2) is 6.67. The number of hydrogen-bond acceptors (Lipinski definition) is 5. The van der Waals surface area contributed by atoms with Crippen LogP contribution in [0.1, 0.15) is 35.9 Å². The van der Waals surface area contributed by atoms with Gasteiger partial charge in [0, 0.05) is 32.9 Å². The Hall–Kier alpha value is -2.69. The van der Waals surface area contributed by atoms with E-state index >= 15 is 0 Å². The number of carbonyl (C=O) groups excluding carboxylic acids is 1. The molecular weight excluding hydrogens is 314 g/mol. The molecule has 1 unspecified atom stereocenters. The average molecular weight is 338 g/mol. The van der Waals surface area contributed by atoms with E-state index in [0.717, 1.165) is 24.5 Å². The number of carbonyl (C=O) groups is 1. The van der Waals surface area contributed by atoms with Gasteiger partial charge in [-0.2, -0.15) is 0 Å². The summed E-state index contributed by atoms with van der Waals surface area (Å²) in [6.45, 7) is 6.27. The summed E-state index contributed by atoms with van der Waals surface area (Å²) >= 11 is 0. The number of benzene rings is 2. The first kappa shape index (κ1) is 17.1. The second-order valence-electron chi connectivity index (χ2n) is 6.35. The van der Waals surface area contributed by atoms with Gasteiger partial charge in [0.25, 0.3) is 0 Å². The first-order chi connectivity index (χ1) is 12.0. The zero-order chi connectivity index (χ0) is 18.1. The third-order valence-electron chi connectivity index (χ3n) is 5.02. The Labute approximate surface area is 149 Å². The van der Waals surface area contributed by atoms with Crippen LogP contribution in [-0.2, 0) is 0 Å². The molecule has 0 saturated heterocycles. The van der Waals surface area contributed by atoms with Gasteiger partial charge in [0.2, 0.25) is 0 Å². The van der Waals surface area contributed by atoms with Crippen molar-refractivity contribution in [1.29, 1.82) is 0 Å². The van der Waals surface area contributed by atoms with E-state index in [2.05, 4.69) is 52.8 Å². The molecule has 0 bridgehead atoms. The number of aromatic carboxylic acids is 1. The molecule has 2 aromatic rings. The molecule has 3 rings (SSSR count). The highest BCUT2D eigenvalue weighted by molar-refractivity contribution is 5.91. The van der Waals surface area contributed by atoms with Crippen LogP contribution in [-0.4, -0.2) is 33.2 Å². The maximum atomic E-state index is 11.2. The third-order valence-corrected chi connectivity index (χ3v) is 5.02. The summed E-state index contributed by atoms with van der Waals surface area (Å²) in [5, 5.41) is 11.2. The summed E-state index contributed by atoms with van der Waals surface area (Å²) < 4.78 is 0. The fourth-order valence-electron chi connectivity index (χ4n) is 3.65. The van der Waals surface area contributed by atoms with Gasteiger partial charge in [-0.05, 0) is 49.2 Å². The van der Waals surface area contributed by atoms with Crippen LogP contribution < -0.4 is 19.8 Å². The molecular formula is C20H24N3O2-. The van der Waals surface area contributed by atoms with E-state index in [-0.39, 0.29) is 11.7 Å². The first-order valence-corrected chi connectivity index (χ1v) is 8.63. The molecule has 1 heterocycles. The lowest BCUT2D eigenvalue weighted by atomic mass is 10.1.